The fraction of sp³-hybridized carbons (Fsp3) is 0.300. The summed E-state index contributed by atoms with van der Waals surface area (Å²) in [7, 11) is 1.63. The van der Waals surface area contributed by atoms with Crippen LogP contribution in [-0.2, 0) is 4.79 Å². The van der Waals surface area contributed by atoms with Crippen molar-refractivity contribution in [2.45, 2.75) is 5.16 Å². The minimum absolute atomic E-state index is 0.102. The molecule has 8 nitrogen and oxygen atoms in total. The number of piperazine rings is 1. The summed E-state index contributed by atoms with van der Waals surface area (Å²) in [6, 6.07) is 13.5. The molecule has 0 spiro atoms. The molecule has 2 aromatic heterocycles. The normalized spacial score (nSPS) is 14.1. The standard InChI is InChI=1S/C20H22N6O2S/c1-28-17-7-3-2-6-16(17)26-15-22-23-20(26)29-14-19(27)25-12-10-24(11-13-25)18-8-4-5-9-21-18/h2-9,15H,10-14H2,1H3. The van der Waals surface area contributed by atoms with Crippen LogP contribution in [0.15, 0.2) is 60.1 Å². The van der Waals surface area contributed by atoms with Gasteiger partial charge in [0.1, 0.15) is 17.9 Å². The number of pyridine rings is 1. The van der Waals surface area contributed by atoms with Crippen LogP contribution in [0.2, 0.25) is 0 Å². The molecule has 29 heavy (non-hydrogen) atoms. The van der Waals surface area contributed by atoms with Gasteiger partial charge in [-0.25, -0.2) is 4.98 Å². The van der Waals surface area contributed by atoms with Gasteiger partial charge < -0.3 is 14.5 Å². The number of carbonyl (C=O) groups is 1. The topological polar surface area (TPSA) is 76.4 Å². The second-order valence-corrected chi connectivity index (χ2v) is 7.44. The maximum atomic E-state index is 12.7. The highest BCUT2D eigenvalue weighted by atomic mass is 32.2. The van der Waals surface area contributed by atoms with Crippen molar-refractivity contribution in [2.24, 2.45) is 0 Å². The van der Waals surface area contributed by atoms with E-state index in [2.05, 4.69) is 20.1 Å². The Balaban J connectivity index is 1.35. The summed E-state index contributed by atoms with van der Waals surface area (Å²) in [4.78, 5) is 21.2. The molecule has 0 N–H and O–H groups in total. The summed E-state index contributed by atoms with van der Waals surface area (Å²) in [6.45, 7) is 2.94. The molecule has 3 aromatic rings. The predicted octanol–water partition coefficient (Wildman–Crippen LogP) is 2.11. The summed E-state index contributed by atoms with van der Waals surface area (Å²) < 4.78 is 7.26. The molecule has 1 aromatic carbocycles. The van der Waals surface area contributed by atoms with E-state index in [4.69, 9.17) is 4.74 Å². The number of methoxy groups -OCH3 is 1. The van der Waals surface area contributed by atoms with Crippen LogP contribution in [0.25, 0.3) is 5.69 Å². The van der Waals surface area contributed by atoms with Crippen molar-refractivity contribution < 1.29 is 9.53 Å². The number of hydrogen-bond donors (Lipinski definition) is 0. The minimum Gasteiger partial charge on any atom is -0.495 e. The number of rotatable bonds is 6. The number of para-hydroxylation sites is 2. The lowest BCUT2D eigenvalue weighted by atomic mass is 10.3. The number of carbonyl (C=O) groups excluding carboxylic acids is 1. The molecule has 0 aliphatic carbocycles. The van der Waals surface area contributed by atoms with Crippen LogP contribution in [-0.4, -0.2) is 69.6 Å². The number of amides is 1. The van der Waals surface area contributed by atoms with Gasteiger partial charge in [-0.05, 0) is 24.3 Å². The summed E-state index contributed by atoms with van der Waals surface area (Å²) in [5.41, 5.74) is 0.846. The average Bonchev–Trinajstić information content (AvgIpc) is 3.26. The van der Waals surface area contributed by atoms with Gasteiger partial charge in [0.15, 0.2) is 5.16 Å². The van der Waals surface area contributed by atoms with E-state index in [0.717, 1.165) is 30.3 Å². The van der Waals surface area contributed by atoms with Crippen molar-refractivity contribution >= 4 is 23.5 Å². The van der Waals surface area contributed by atoms with E-state index in [0.29, 0.717) is 24.0 Å². The number of thioether (sulfide) groups is 1. The molecule has 150 valence electrons. The van der Waals surface area contributed by atoms with Gasteiger partial charge in [-0.2, -0.15) is 0 Å². The van der Waals surface area contributed by atoms with Crippen molar-refractivity contribution in [1.29, 1.82) is 0 Å². The molecular formula is C20H22N6O2S. The van der Waals surface area contributed by atoms with Gasteiger partial charge in [-0.1, -0.05) is 30.0 Å². The molecular weight excluding hydrogens is 388 g/mol. The highest BCUT2D eigenvalue weighted by Gasteiger charge is 2.22. The first kappa shape index (κ1) is 19.3. The highest BCUT2D eigenvalue weighted by molar-refractivity contribution is 7.99. The van der Waals surface area contributed by atoms with Gasteiger partial charge in [-0.15, -0.1) is 10.2 Å². The Morgan fingerprint density at radius 2 is 1.90 bits per heavy atom. The van der Waals surface area contributed by atoms with Crippen LogP contribution in [0, 0.1) is 0 Å². The molecule has 0 unspecified atom stereocenters. The zero-order valence-electron chi connectivity index (χ0n) is 16.1. The van der Waals surface area contributed by atoms with Gasteiger partial charge in [0.2, 0.25) is 5.91 Å². The first-order valence-corrected chi connectivity index (χ1v) is 10.3. The number of nitrogens with zero attached hydrogens (tertiary/aromatic N) is 6. The number of hydrogen-bond acceptors (Lipinski definition) is 7. The van der Waals surface area contributed by atoms with Gasteiger partial charge in [0.25, 0.3) is 0 Å². The zero-order chi connectivity index (χ0) is 20.1. The van der Waals surface area contributed by atoms with E-state index in [-0.39, 0.29) is 5.91 Å². The third-order valence-corrected chi connectivity index (χ3v) is 5.72. The lowest BCUT2D eigenvalue weighted by molar-refractivity contribution is -0.128. The fourth-order valence-electron chi connectivity index (χ4n) is 3.26. The van der Waals surface area contributed by atoms with E-state index < -0.39 is 0 Å². The van der Waals surface area contributed by atoms with E-state index >= 15 is 0 Å². The fourth-order valence-corrected chi connectivity index (χ4v) is 4.08. The Hall–Kier alpha value is -3.07. The number of ether oxygens (including phenoxy) is 1. The molecule has 1 amide bonds. The van der Waals surface area contributed by atoms with Crippen LogP contribution < -0.4 is 9.64 Å². The highest BCUT2D eigenvalue weighted by Crippen LogP contribution is 2.26. The second kappa shape index (κ2) is 8.95. The predicted molar refractivity (Wildman–Crippen MR) is 112 cm³/mol. The lowest BCUT2D eigenvalue weighted by Gasteiger charge is -2.35. The zero-order valence-corrected chi connectivity index (χ0v) is 17.0. The molecule has 1 saturated heterocycles. The molecule has 0 bridgehead atoms. The van der Waals surface area contributed by atoms with Crippen molar-refractivity contribution in [2.75, 3.05) is 43.9 Å². The van der Waals surface area contributed by atoms with Crippen LogP contribution in [0.1, 0.15) is 0 Å². The van der Waals surface area contributed by atoms with Crippen molar-refractivity contribution in [3.8, 4) is 11.4 Å². The molecule has 1 fully saturated rings. The summed E-state index contributed by atoms with van der Waals surface area (Å²) in [5, 5.41) is 8.84. The number of aromatic nitrogens is 4. The Labute approximate surface area is 173 Å². The Kier molecular flexibility index (Phi) is 5.95. The van der Waals surface area contributed by atoms with E-state index in [1.807, 2.05) is 51.9 Å². The Bertz CT molecular complexity index is 956. The van der Waals surface area contributed by atoms with E-state index in [1.54, 1.807) is 19.6 Å². The summed E-state index contributed by atoms with van der Waals surface area (Å²) >= 11 is 1.38. The SMILES string of the molecule is COc1ccccc1-n1cnnc1SCC(=O)N1CCN(c2ccccn2)CC1. The molecule has 9 heteroatoms. The van der Waals surface area contributed by atoms with Crippen LogP contribution in [0.4, 0.5) is 5.82 Å². The molecule has 1 aliphatic rings. The summed E-state index contributed by atoms with van der Waals surface area (Å²) in [6.07, 6.45) is 3.43. The Morgan fingerprint density at radius 1 is 1.10 bits per heavy atom. The smallest absolute Gasteiger partial charge is 0.233 e. The van der Waals surface area contributed by atoms with E-state index in [1.165, 1.54) is 11.8 Å². The lowest BCUT2D eigenvalue weighted by Crippen LogP contribution is -2.49. The quantitative estimate of drug-likeness (QED) is 0.576. The molecule has 0 saturated carbocycles. The van der Waals surface area contributed by atoms with Crippen LogP contribution in [0.3, 0.4) is 0 Å². The third-order valence-electron chi connectivity index (χ3n) is 4.79. The van der Waals surface area contributed by atoms with Gasteiger partial charge >= 0.3 is 0 Å². The van der Waals surface area contributed by atoms with Crippen molar-refractivity contribution in [3.63, 3.8) is 0 Å². The average molecular weight is 411 g/mol. The van der Waals surface area contributed by atoms with Crippen LogP contribution in [0.5, 0.6) is 5.75 Å². The number of anilines is 1. The van der Waals surface area contributed by atoms with Crippen molar-refractivity contribution in [1.82, 2.24) is 24.6 Å². The Morgan fingerprint density at radius 3 is 2.66 bits per heavy atom. The largest absolute Gasteiger partial charge is 0.495 e. The van der Waals surface area contributed by atoms with Gasteiger partial charge in [-0.3, -0.25) is 9.36 Å². The first-order chi connectivity index (χ1) is 14.3. The number of benzene rings is 1. The molecule has 3 heterocycles. The maximum Gasteiger partial charge on any atom is 0.233 e. The maximum absolute atomic E-state index is 12.7. The monoisotopic (exact) mass is 410 g/mol. The molecule has 0 atom stereocenters. The molecule has 1 aliphatic heterocycles. The third kappa shape index (κ3) is 4.34. The van der Waals surface area contributed by atoms with Crippen LogP contribution >= 0.6 is 11.8 Å². The first-order valence-electron chi connectivity index (χ1n) is 9.36. The minimum atomic E-state index is 0.102. The van der Waals surface area contributed by atoms with Crippen molar-refractivity contribution in [3.05, 3.63) is 55.0 Å². The summed E-state index contributed by atoms with van der Waals surface area (Å²) in [5.74, 6) is 2.10. The second-order valence-electron chi connectivity index (χ2n) is 6.50. The van der Waals surface area contributed by atoms with Gasteiger partial charge in [0.05, 0.1) is 18.6 Å². The van der Waals surface area contributed by atoms with Gasteiger partial charge in [0, 0.05) is 32.4 Å². The molecule has 0 radical (unpaired) electrons. The molecule has 4 rings (SSSR count). The van der Waals surface area contributed by atoms with E-state index in [9.17, 15) is 4.79 Å².